The van der Waals surface area contributed by atoms with Crippen molar-refractivity contribution >= 4 is 5.91 Å². The summed E-state index contributed by atoms with van der Waals surface area (Å²) < 4.78 is 5.54. The van der Waals surface area contributed by atoms with Crippen LogP contribution in [-0.2, 0) is 24.1 Å². The molecule has 0 saturated heterocycles. The van der Waals surface area contributed by atoms with E-state index in [1.165, 1.54) is 41.5 Å². The highest BCUT2D eigenvalue weighted by Crippen LogP contribution is 2.34. The van der Waals surface area contributed by atoms with Gasteiger partial charge in [0, 0.05) is 13.5 Å². The molecule has 3 nitrogen and oxygen atoms in total. The minimum Gasteiger partial charge on any atom is -0.496 e. The van der Waals surface area contributed by atoms with Gasteiger partial charge in [-0.1, -0.05) is 0 Å². The Kier molecular flexibility index (Phi) is 4.46. The fourth-order valence-electron chi connectivity index (χ4n) is 3.01. The lowest BCUT2D eigenvalue weighted by Gasteiger charge is -2.24. The number of amides is 1. The third kappa shape index (κ3) is 3.09. The van der Waals surface area contributed by atoms with E-state index >= 15 is 0 Å². The van der Waals surface area contributed by atoms with Gasteiger partial charge in [-0.3, -0.25) is 4.79 Å². The molecule has 0 unspecified atom stereocenters. The van der Waals surface area contributed by atoms with Crippen LogP contribution in [0.1, 0.15) is 42.0 Å². The van der Waals surface area contributed by atoms with Crippen molar-refractivity contribution in [3.63, 3.8) is 0 Å². The summed E-state index contributed by atoms with van der Waals surface area (Å²) in [6.45, 7) is 4.41. The number of hydrogen-bond donors (Lipinski definition) is 1. The zero-order valence-corrected chi connectivity index (χ0v) is 12.1. The molecule has 0 atom stereocenters. The second-order valence-corrected chi connectivity index (χ2v) is 5.27. The quantitative estimate of drug-likeness (QED) is 0.904. The molecular weight excluding hydrogens is 238 g/mol. The van der Waals surface area contributed by atoms with Crippen molar-refractivity contribution in [2.24, 2.45) is 0 Å². The van der Waals surface area contributed by atoms with Crippen LogP contribution >= 0.6 is 0 Å². The minimum absolute atomic E-state index is 0.0277. The molecular formula is C16H23NO2. The van der Waals surface area contributed by atoms with Gasteiger partial charge < -0.3 is 10.1 Å². The highest BCUT2D eigenvalue weighted by Gasteiger charge is 2.19. The predicted octanol–water partition coefficient (Wildman–Crippen LogP) is 2.56. The summed E-state index contributed by atoms with van der Waals surface area (Å²) in [5.74, 6) is 1.00. The summed E-state index contributed by atoms with van der Waals surface area (Å²) in [6.07, 6.45) is 5.71. The molecule has 1 aliphatic rings. The van der Waals surface area contributed by atoms with Crippen LogP contribution in [0.3, 0.4) is 0 Å². The molecule has 3 heteroatoms. The van der Waals surface area contributed by atoms with E-state index in [2.05, 4.69) is 18.3 Å². The van der Waals surface area contributed by atoms with Crippen molar-refractivity contribution in [3.05, 3.63) is 28.3 Å². The van der Waals surface area contributed by atoms with E-state index < -0.39 is 0 Å². The van der Waals surface area contributed by atoms with Gasteiger partial charge in [-0.15, -0.1) is 0 Å². The molecule has 1 aromatic rings. The van der Waals surface area contributed by atoms with Crippen LogP contribution in [0.2, 0.25) is 0 Å². The molecule has 104 valence electrons. The van der Waals surface area contributed by atoms with Crippen molar-refractivity contribution < 1.29 is 9.53 Å². The van der Waals surface area contributed by atoms with Gasteiger partial charge in [0.25, 0.3) is 0 Å². The molecule has 1 aliphatic carbocycles. The van der Waals surface area contributed by atoms with E-state index in [0.717, 1.165) is 18.6 Å². The highest BCUT2D eigenvalue weighted by atomic mass is 16.5. The zero-order chi connectivity index (χ0) is 13.8. The summed E-state index contributed by atoms with van der Waals surface area (Å²) >= 11 is 0. The lowest BCUT2D eigenvalue weighted by atomic mass is 9.84. The number of methoxy groups -OCH3 is 1. The Labute approximate surface area is 115 Å². The molecule has 1 N–H and O–H groups in total. The van der Waals surface area contributed by atoms with Crippen molar-refractivity contribution in [1.82, 2.24) is 5.32 Å². The second kappa shape index (κ2) is 6.09. The standard InChI is InChI=1S/C16H23NO2/c1-11-10-16(19-3)15(8-9-17-12(2)18)14-7-5-4-6-13(11)14/h10H,4-9H2,1-3H3,(H,17,18). The van der Waals surface area contributed by atoms with E-state index in [-0.39, 0.29) is 5.91 Å². The Balaban J connectivity index is 2.30. The largest absolute Gasteiger partial charge is 0.496 e. The minimum atomic E-state index is 0.0277. The summed E-state index contributed by atoms with van der Waals surface area (Å²) in [6, 6.07) is 2.15. The monoisotopic (exact) mass is 261 g/mol. The van der Waals surface area contributed by atoms with E-state index in [1.807, 2.05) is 0 Å². The van der Waals surface area contributed by atoms with E-state index in [4.69, 9.17) is 4.74 Å². The molecule has 0 spiro atoms. The zero-order valence-electron chi connectivity index (χ0n) is 12.1. The van der Waals surface area contributed by atoms with Crippen LogP contribution in [0.15, 0.2) is 6.07 Å². The van der Waals surface area contributed by atoms with Gasteiger partial charge in [-0.05, 0) is 67.3 Å². The number of hydrogen-bond acceptors (Lipinski definition) is 2. The molecule has 0 heterocycles. The van der Waals surface area contributed by atoms with Crippen molar-refractivity contribution in [1.29, 1.82) is 0 Å². The number of carbonyl (C=O) groups excluding carboxylic acids is 1. The van der Waals surface area contributed by atoms with Crippen molar-refractivity contribution in [2.45, 2.75) is 46.0 Å². The van der Waals surface area contributed by atoms with Crippen LogP contribution in [0.25, 0.3) is 0 Å². The number of ether oxygens (including phenoxy) is 1. The van der Waals surface area contributed by atoms with Crippen molar-refractivity contribution in [3.8, 4) is 5.75 Å². The smallest absolute Gasteiger partial charge is 0.216 e. The number of aryl methyl sites for hydroxylation is 1. The lowest BCUT2D eigenvalue weighted by molar-refractivity contribution is -0.118. The molecule has 0 aromatic heterocycles. The SMILES string of the molecule is COc1cc(C)c2c(c1CCNC(C)=O)CCCC2. The average molecular weight is 261 g/mol. The molecule has 0 saturated carbocycles. The maximum absolute atomic E-state index is 11.0. The van der Waals surface area contributed by atoms with Gasteiger partial charge in [0.05, 0.1) is 7.11 Å². The maximum Gasteiger partial charge on any atom is 0.216 e. The van der Waals surface area contributed by atoms with Crippen LogP contribution in [0.4, 0.5) is 0 Å². The van der Waals surface area contributed by atoms with E-state index in [9.17, 15) is 4.79 Å². The number of benzene rings is 1. The Bertz CT molecular complexity index is 480. The first-order valence-corrected chi connectivity index (χ1v) is 7.06. The first-order valence-electron chi connectivity index (χ1n) is 7.06. The van der Waals surface area contributed by atoms with Crippen molar-refractivity contribution in [2.75, 3.05) is 13.7 Å². The summed E-state index contributed by atoms with van der Waals surface area (Å²) in [7, 11) is 1.73. The fourth-order valence-corrected chi connectivity index (χ4v) is 3.01. The summed E-state index contributed by atoms with van der Waals surface area (Å²) in [5.41, 5.74) is 5.60. The van der Waals surface area contributed by atoms with Gasteiger partial charge in [0.15, 0.2) is 0 Å². The molecule has 1 amide bonds. The van der Waals surface area contributed by atoms with E-state index in [1.54, 1.807) is 14.0 Å². The van der Waals surface area contributed by atoms with Gasteiger partial charge in [0.2, 0.25) is 5.91 Å². The maximum atomic E-state index is 11.0. The Morgan fingerprint density at radius 3 is 2.63 bits per heavy atom. The number of rotatable bonds is 4. The van der Waals surface area contributed by atoms with Crippen LogP contribution in [0, 0.1) is 6.92 Å². The van der Waals surface area contributed by atoms with Crippen LogP contribution in [0.5, 0.6) is 5.75 Å². The molecule has 0 fully saturated rings. The number of nitrogens with one attached hydrogen (secondary N) is 1. The topological polar surface area (TPSA) is 38.3 Å². The Morgan fingerprint density at radius 2 is 2.00 bits per heavy atom. The third-order valence-corrected chi connectivity index (χ3v) is 3.92. The molecule has 0 bridgehead atoms. The predicted molar refractivity (Wildman–Crippen MR) is 76.8 cm³/mol. The number of fused-ring (bicyclic) bond motifs is 1. The second-order valence-electron chi connectivity index (χ2n) is 5.27. The van der Waals surface area contributed by atoms with Gasteiger partial charge in [-0.25, -0.2) is 0 Å². The third-order valence-electron chi connectivity index (χ3n) is 3.92. The Hall–Kier alpha value is -1.51. The average Bonchev–Trinajstić information content (AvgIpc) is 2.40. The first kappa shape index (κ1) is 13.9. The van der Waals surface area contributed by atoms with E-state index in [0.29, 0.717) is 6.54 Å². The lowest BCUT2D eigenvalue weighted by Crippen LogP contribution is -2.23. The first-order chi connectivity index (χ1) is 9.13. The summed E-state index contributed by atoms with van der Waals surface area (Å²) in [4.78, 5) is 11.0. The fraction of sp³-hybridized carbons (Fsp3) is 0.562. The molecule has 0 radical (unpaired) electrons. The normalized spacial score (nSPS) is 13.8. The van der Waals surface area contributed by atoms with Gasteiger partial charge in [-0.2, -0.15) is 0 Å². The van der Waals surface area contributed by atoms with Gasteiger partial charge >= 0.3 is 0 Å². The number of carbonyl (C=O) groups is 1. The van der Waals surface area contributed by atoms with Crippen LogP contribution < -0.4 is 10.1 Å². The van der Waals surface area contributed by atoms with Crippen LogP contribution in [-0.4, -0.2) is 19.6 Å². The van der Waals surface area contributed by atoms with Gasteiger partial charge in [0.1, 0.15) is 5.75 Å². The molecule has 19 heavy (non-hydrogen) atoms. The Morgan fingerprint density at radius 1 is 1.32 bits per heavy atom. The molecule has 1 aromatic carbocycles. The highest BCUT2D eigenvalue weighted by molar-refractivity contribution is 5.72. The molecule has 2 rings (SSSR count). The molecule has 0 aliphatic heterocycles. The summed E-state index contributed by atoms with van der Waals surface area (Å²) in [5, 5.41) is 2.87.